The Balaban J connectivity index is 0.000000215. The van der Waals surface area contributed by atoms with Gasteiger partial charge in [0.05, 0.1) is 0 Å². The molecule has 0 saturated carbocycles. The molecule has 1 radical (unpaired) electrons. The molecule has 67 valence electrons. The third-order valence-electron chi connectivity index (χ3n) is 1.38. The van der Waals surface area contributed by atoms with Crippen molar-refractivity contribution in [2.24, 2.45) is 0 Å². The van der Waals surface area contributed by atoms with E-state index in [1.807, 2.05) is 54.6 Å². The molecule has 0 saturated heterocycles. The molecule has 0 bridgehead atoms. The quantitative estimate of drug-likeness (QED) is 0.466. The maximum Gasteiger partial charge on any atom is 2.00 e. The van der Waals surface area contributed by atoms with Crippen molar-refractivity contribution in [1.29, 1.82) is 0 Å². The molecule has 0 heterocycles. The maximum absolute atomic E-state index is 5.04. The van der Waals surface area contributed by atoms with Crippen LogP contribution in [0.5, 0.6) is 0 Å². The van der Waals surface area contributed by atoms with Gasteiger partial charge in [-0.05, 0) is 0 Å². The predicted octanol–water partition coefficient (Wildman–Crippen LogP) is 2.79. The summed E-state index contributed by atoms with van der Waals surface area (Å²) in [7, 11) is 0. The fourth-order valence-corrected chi connectivity index (χ4v) is 0.791. The third kappa shape index (κ3) is 5.08. The summed E-state index contributed by atoms with van der Waals surface area (Å²) in [5.41, 5.74) is 0.958. The standard InChI is InChI=1S/C7H5.C5H5.Co/c1-2-7-5-3-4-6-7;1-2-4-5-3-1;/h1,3-6H;1-5H;/q2*-1;+2. The van der Waals surface area contributed by atoms with Gasteiger partial charge in [0.1, 0.15) is 0 Å². The largest absolute Gasteiger partial charge is 2.00 e. The summed E-state index contributed by atoms with van der Waals surface area (Å²) in [6.45, 7) is 0. The van der Waals surface area contributed by atoms with E-state index in [0.29, 0.717) is 0 Å². The number of hydrogen-bond donors (Lipinski definition) is 0. The van der Waals surface area contributed by atoms with E-state index in [-0.39, 0.29) is 16.8 Å². The molecule has 2 aromatic rings. The van der Waals surface area contributed by atoms with Crippen LogP contribution in [0.4, 0.5) is 0 Å². The Morgan fingerprint density at radius 1 is 1.00 bits per heavy atom. The average molecular weight is 213 g/mol. The zero-order valence-electron chi connectivity index (χ0n) is 7.11. The van der Waals surface area contributed by atoms with Crippen LogP contribution in [0.1, 0.15) is 5.56 Å². The summed E-state index contributed by atoms with van der Waals surface area (Å²) >= 11 is 0. The molecule has 0 unspecified atom stereocenters. The third-order valence-corrected chi connectivity index (χ3v) is 1.38. The van der Waals surface area contributed by atoms with Crippen molar-refractivity contribution in [1.82, 2.24) is 0 Å². The fraction of sp³-hybridized carbons (Fsp3) is 0. The van der Waals surface area contributed by atoms with Gasteiger partial charge in [-0.25, -0.2) is 18.6 Å². The molecule has 0 aliphatic rings. The predicted molar refractivity (Wildman–Crippen MR) is 52.0 cm³/mol. The smallest absolute Gasteiger partial charge is 0.228 e. The molecule has 0 aliphatic carbocycles. The normalized spacial score (nSPS) is 7.31. The molecule has 2 rings (SSSR count). The Kier molecular flexibility index (Phi) is 6.71. The molecule has 0 amide bonds. The van der Waals surface area contributed by atoms with Crippen molar-refractivity contribution in [3.63, 3.8) is 0 Å². The van der Waals surface area contributed by atoms with E-state index in [4.69, 9.17) is 6.42 Å². The summed E-state index contributed by atoms with van der Waals surface area (Å²) in [5, 5.41) is 0. The minimum absolute atomic E-state index is 0. The first-order valence-corrected chi connectivity index (χ1v) is 3.78. The number of terminal acetylenes is 1. The van der Waals surface area contributed by atoms with Crippen molar-refractivity contribution in [3.05, 3.63) is 60.2 Å². The van der Waals surface area contributed by atoms with Crippen LogP contribution in [0.2, 0.25) is 0 Å². The van der Waals surface area contributed by atoms with E-state index in [1.54, 1.807) is 0 Å². The summed E-state index contributed by atoms with van der Waals surface area (Å²) in [6, 6.07) is 17.7. The van der Waals surface area contributed by atoms with Crippen LogP contribution in [-0.4, -0.2) is 0 Å². The molecule has 1 heteroatoms. The van der Waals surface area contributed by atoms with Crippen LogP contribution in [0, 0.1) is 12.3 Å². The topological polar surface area (TPSA) is 0 Å². The van der Waals surface area contributed by atoms with Gasteiger partial charge < -0.3 is 0 Å². The SMILES string of the molecule is C#C[c-]1cccc1.[Co+2].c1cc[cH-]c1. The van der Waals surface area contributed by atoms with Crippen molar-refractivity contribution < 1.29 is 16.8 Å². The number of hydrogen-bond acceptors (Lipinski definition) is 0. The van der Waals surface area contributed by atoms with Crippen LogP contribution in [0.15, 0.2) is 54.6 Å². The van der Waals surface area contributed by atoms with Gasteiger partial charge in [0.15, 0.2) is 0 Å². The van der Waals surface area contributed by atoms with E-state index in [9.17, 15) is 0 Å². The van der Waals surface area contributed by atoms with Crippen LogP contribution in [-0.2, 0) is 16.8 Å². The molecule has 0 aromatic heterocycles. The first-order chi connectivity index (χ1) is 5.93. The van der Waals surface area contributed by atoms with Gasteiger partial charge in [-0.1, -0.05) is 5.56 Å². The van der Waals surface area contributed by atoms with Crippen LogP contribution in [0.25, 0.3) is 0 Å². The Bertz CT molecular complexity index is 291. The van der Waals surface area contributed by atoms with E-state index in [2.05, 4.69) is 5.92 Å². The van der Waals surface area contributed by atoms with E-state index in [0.717, 1.165) is 5.56 Å². The molecular formula is C12H10Co. The first-order valence-electron chi connectivity index (χ1n) is 3.78. The first kappa shape index (κ1) is 11.8. The number of rotatable bonds is 0. The van der Waals surface area contributed by atoms with E-state index < -0.39 is 0 Å². The van der Waals surface area contributed by atoms with Gasteiger partial charge in [0, 0.05) is 0 Å². The second-order valence-corrected chi connectivity index (χ2v) is 2.28. The van der Waals surface area contributed by atoms with Gasteiger partial charge in [-0.15, -0.1) is 12.1 Å². The van der Waals surface area contributed by atoms with Crippen LogP contribution >= 0.6 is 0 Å². The molecule has 0 N–H and O–H groups in total. The average Bonchev–Trinajstić information content (AvgIpc) is 2.81. The molecule has 2 aromatic carbocycles. The Morgan fingerprint density at radius 2 is 1.54 bits per heavy atom. The molecule has 0 spiro atoms. The molecule has 0 nitrogen and oxygen atoms in total. The van der Waals surface area contributed by atoms with Gasteiger partial charge in [-0.3, -0.25) is 0 Å². The summed E-state index contributed by atoms with van der Waals surface area (Å²) < 4.78 is 0. The summed E-state index contributed by atoms with van der Waals surface area (Å²) in [6.07, 6.45) is 5.04. The van der Waals surface area contributed by atoms with E-state index in [1.165, 1.54) is 0 Å². The Hall–Kier alpha value is -1.23. The van der Waals surface area contributed by atoms with Crippen LogP contribution in [0.3, 0.4) is 0 Å². The van der Waals surface area contributed by atoms with Crippen LogP contribution < -0.4 is 0 Å². The van der Waals surface area contributed by atoms with Crippen molar-refractivity contribution in [2.45, 2.75) is 0 Å². The maximum atomic E-state index is 5.04. The summed E-state index contributed by atoms with van der Waals surface area (Å²) in [4.78, 5) is 0. The zero-order valence-corrected chi connectivity index (χ0v) is 8.15. The van der Waals surface area contributed by atoms with Gasteiger partial charge in [0.2, 0.25) is 0 Å². The van der Waals surface area contributed by atoms with Gasteiger partial charge in [-0.2, -0.15) is 36.3 Å². The van der Waals surface area contributed by atoms with Gasteiger partial charge in [0.25, 0.3) is 0 Å². The van der Waals surface area contributed by atoms with Crippen molar-refractivity contribution in [3.8, 4) is 12.3 Å². The minimum atomic E-state index is 0. The minimum Gasteiger partial charge on any atom is -0.228 e. The second-order valence-electron chi connectivity index (χ2n) is 2.28. The Morgan fingerprint density at radius 3 is 1.77 bits per heavy atom. The Labute approximate surface area is 89.5 Å². The van der Waals surface area contributed by atoms with E-state index >= 15 is 0 Å². The second kappa shape index (κ2) is 7.42. The van der Waals surface area contributed by atoms with Crippen molar-refractivity contribution >= 4 is 0 Å². The molecule has 0 atom stereocenters. The zero-order chi connectivity index (χ0) is 8.65. The molecular weight excluding hydrogens is 203 g/mol. The fourth-order valence-electron chi connectivity index (χ4n) is 0.791. The molecule has 0 aliphatic heterocycles. The van der Waals surface area contributed by atoms with Gasteiger partial charge >= 0.3 is 16.8 Å². The monoisotopic (exact) mass is 213 g/mol. The van der Waals surface area contributed by atoms with Crippen molar-refractivity contribution in [2.75, 3.05) is 0 Å². The molecule has 13 heavy (non-hydrogen) atoms. The molecule has 0 fully saturated rings. The summed E-state index contributed by atoms with van der Waals surface area (Å²) in [5.74, 6) is 2.51.